The first-order chi connectivity index (χ1) is 26.4. The van der Waals surface area contributed by atoms with Crippen LogP contribution in [0.4, 0.5) is 0 Å². The molecule has 0 bridgehead atoms. The van der Waals surface area contributed by atoms with Gasteiger partial charge in [-0.2, -0.15) is 0 Å². The minimum Gasteiger partial charge on any atom is -0.507 e. The van der Waals surface area contributed by atoms with Crippen LogP contribution in [-0.2, 0) is 16.2 Å². The van der Waals surface area contributed by atoms with E-state index in [0.717, 1.165) is 79.8 Å². The third-order valence-electron chi connectivity index (χ3n) is 11.3. The van der Waals surface area contributed by atoms with Crippen molar-refractivity contribution in [2.75, 3.05) is 0 Å². The fraction of sp³-hybridized carbons (Fsp3) is 0.265. The lowest BCUT2D eigenvalue weighted by Crippen LogP contribution is -2.34. The average molecular weight is 699 g/mol. The van der Waals surface area contributed by atoms with Gasteiger partial charge in [-0.05, 0) is 112 Å². The molecule has 2 heterocycles. The summed E-state index contributed by atoms with van der Waals surface area (Å²) in [5, 5.41) is 12.3. The van der Waals surface area contributed by atoms with Gasteiger partial charge in [0.05, 0.1) is 22.3 Å². The summed E-state index contributed by atoms with van der Waals surface area (Å²) >= 11 is 0. The van der Waals surface area contributed by atoms with E-state index in [1.807, 2.05) is 42.6 Å². The molecule has 1 aliphatic carbocycles. The molecule has 0 unspecified atom stereocenters. The van der Waals surface area contributed by atoms with E-state index < -0.39 is 6.85 Å². The Kier molecular flexibility index (Phi) is 7.38. The predicted octanol–water partition coefficient (Wildman–Crippen LogP) is 12.7. The zero-order valence-corrected chi connectivity index (χ0v) is 31.8. The Morgan fingerprint density at radius 1 is 0.698 bits per heavy atom. The summed E-state index contributed by atoms with van der Waals surface area (Å²) in [6.07, 6.45) is 3.87. The van der Waals surface area contributed by atoms with Crippen molar-refractivity contribution < 1.29 is 9.22 Å². The number of hydrogen-bond acceptors (Lipinski definition) is 3. The number of benzene rings is 5. The van der Waals surface area contributed by atoms with Gasteiger partial charge in [0, 0.05) is 32.7 Å². The second kappa shape index (κ2) is 12.6. The molecule has 4 nitrogen and oxygen atoms in total. The van der Waals surface area contributed by atoms with Crippen LogP contribution in [0, 0.1) is 6.85 Å². The molecule has 0 radical (unpaired) electrons. The molecule has 5 aromatic carbocycles. The SMILES string of the molecule is [2H]C([2H])([2H])c1ccc(-c2ccnc(-c3cc(-c4cccc5c4nc(-c4ccc6c(c4O)C(C)(C)CCC6(C)C)n5-c4ccccc4)cc(C(C)(C)C)c3)c2)cc1. The van der Waals surface area contributed by atoms with Crippen LogP contribution in [0.5, 0.6) is 5.75 Å². The minimum absolute atomic E-state index is 0.0396. The number of imidazole rings is 1. The monoisotopic (exact) mass is 698 g/mol. The van der Waals surface area contributed by atoms with Crippen molar-refractivity contribution in [1.29, 1.82) is 0 Å². The van der Waals surface area contributed by atoms with E-state index in [-0.39, 0.29) is 16.2 Å². The first-order valence-corrected chi connectivity index (χ1v) is 18.6. The van der Waals surface area contributed by atoms with Gasteiger partial charge in [0.15, 0.2) is 0 Å². The van der Waals surface area contributed by atoms with E-state index in [4.69, 9.17) is 14.1 Å². The van der Waals surface area contributed by atoms with Gasteiger partial charge in [-0.1, -0.05) is 121 Å². The Balaban J connectivity index is 1.33. The maximum absolute atomic E-state index is 12.3. The molecule has 0 aliphatic heterocycles. The number of aromatic hydroxyl groups is 1. The van der Waals surface area contributed by atoms with Gasteiger partial charge < -0.3 is 5.11 Å². The van der Waals surface area contributed by atoms with E-state index in [2.05, 4.69) is 120 Å². The van der Waals surface area contributed by atoms with Gasteiger partial charge in [-0.15, -0.1) is 0 Å². The Morgan fingerprint density at radius 2 is 1.43 bits per heavy atom. The van der Waals surface area contributed by atoms with Gasteiger partial charge in [0.1, 0.15) is 11.6 Å². The van der Waals surface area contributed by atoms with Crippen molar-refractivity contribution in [2.45, 2.75) is 84.4 Å². The topological polar surface area (TPSA) is 50.9 Å². The average Bonchev–Trinajstić information content (AvgIpc) is 3.56. The lowest BCUT2D eigenvalue weighted by molar-refractivity contribution is 0.318. The summed E-state index contributed by atoms with van der Waals surface area (Å²) in [6.45, 7) is 13.5. The maximum atomic E-state index is 12.3. The first-order valence-electron chi connectivity index (χ1n) is 20.1. The lowest BCUT2D eigenvalue weighted by atomic mass is 9.62. The number of nitrogens with zero attached hydrogens (tertiary/aromatic N) is 3. The summed E-state index contributed by atoms with van der Waals surface area (Å²) in [5.41, 5.74) is 12.5. The Labute approximate surface area is 318 Å². The quantitative estimate of drug-likeness (QED) is 0.195. The molecule has 53 heavy (non-hydrogen) atoms. The van der Waals surface area contributed by atoms with Crippen LogP contribution >= 0.6 is 0 Å². The summed E-state index contributed by atoms with van der Waals surface area (Å²) in [4.78, 5) is 10.3. The van der Waals surface area contributed by atoms with Crippen LogP contribution in [0.25, 0.3) is 61.6 Å². The summed E-state index contributed by atoms with van der Waals surface area (Å²) < 4.78 is 25.5. The zero-order chi connectivity index (χ0) is 39.8. The molecular weight excluding hydrogens is 647 g/mol. The number of phenolic OH excluding ortho intramolecular Hbond substituents is 1. The highest BCUT2D eigenvalue weighted by Crippen LogP contribution is 2.52. The summed E-state index contributed by atoms with van der Waals surface area (Å²) in [7, 11) is 0. The molecule has 2 aromatic heterocycles. The summed E-state index contributed by atoms with van der Waals surface area (Å²) in [6, 6.07) is 38.7. The van der Waals surface area contributed by atoms with Crippen molar-refractivity contribution in [3.63, 3.8) is 0 Å². The molecule has 0 saturated carbocycles. The van der Waals surface area contributed by atoms with Crippen molar-refractivity contribution >= 4 is 11.0 Å². The third kappa shape index (κ3) is 6.14. The number of pyridine rings is 1. The third-order valence-corrected chi connectivity index (χ3v) is 11.3. The van der Waals surface area contributed by atoms with E-state index in [9.17, 15) is 5.11 Å². The van der Waals surface area contributed by atoms with Crippen LogP contribution in [0.1, 0.15) is 87.7 Å². The fourth-order valence-electron chi connectivity index (χ4n) is 8.05. The number of aryl methyl sites for hydroxylation is 1. The molecule has 7 aromatic rings. The van der Waals surface area contributed by atoms with E-state index in [0.29, 0.717) is 17.1 Å². The van der Waals surface area contributed by atoms with Crippen molar-refractivity contribution in [1.82, 2.24) is 14.5 Å². The smallest absolute Gasteiger partial charge is 0.149 e. The highest BCUT2D eigenvalue weighted by Gasteiger charge is 2.40. The predicted molar refractivity (Wildman–Crippen MR) is 221 cm³/mol. The molecular formula is C49H49N3O. The van der Waals surface area contributed by atoms with Crippen molar-refractivity contribution in [2.24, 2.45) is 0 Å². The lowest BCUT2D eigenvalue weighted by Gasteiger charge is -2.42. The summed E-state index contributed by atoms with van der Waals surface area (Å²) in [5.74, 6) is 1.01. The molecule has 0 atom stereocenters. The van der Waals surface area contributed by atoms with Gasteiger partial charge in [-0.3, -0.25) is 9.55 Å². The van der Waals surface area contributed by atoms with Gasteiger partial charge in [-0.25, -0.2) is 4.98 Å². The second-order valence-corrected chi connectivity index (χ2v) is 17.0. The maximum Gasteiger partial charge on any atom is 0.149 e. The number of aromatic nitrogens is 3. The number of fused-ring (bicyclic) bond motifs is 2. The van der Waals surface area contributed by atoms with E-state index in [1.54, 1.807) is 12.1 Å². The molecule has 1 aliphatic rings. The van der Waals surface area contributed by atoms with Crippen molar-refractivity contribution in [3.05, 3.63) is 144 Å². The molecule has 0 amide bonds. The highest BCUT2D eigenvalue weighted by molar-refractivity contribution is 5.97. The number of phenols is 1. The second-order valence-electron chi connectivity index (χ2n) is 17.0. The van der Waals surface area contributed by atoms with E-state index >= 15 is 0 Å². The molecule has 8 rings (SSSR count). The van der Waals surface area contributed by atoms with Crippen LogP contribution in [0.3, 0.4) is 0 Å². The minimum atomic E-state index is -2.15. The molecule has 0 saturated heterocycles. The van der Waals surface area contributed by atoms with Crippen LogP contribution in [0.15, 0.2) is 121 Å². The van der Waals surface area contributed by atoms with Crippen LogP contribution < -0.4 is 0 Å². The number of hydrogen-bond donors (Lipinski definition) is 1. The molecule has 0 spiro atoms. The number of para-hydroxylation sites is 2. The Bertz CT molecular complexity index is 2610. The largest absolute Gasteiger partial charge is 0.507 e. The molecule has 4 heteroatoms. The first kappa shape index (κ1) is 31.1. The Morgan fingerprint density at radius 3 is 2.17 bits per heavy atom. The van der Waals surface area contributed by atoms with Gasteiger partial charge >= 0.3 is 0 Å². The molecule has 266 valence electrons. The molecule has 0 fully saturated rings. The Hall–Kier alpha value is -5.48. The van der Waals surface area contributed by atoms with Gasteiger partial charge in [0.2, 0.25) is 0 Å². The fourth-order valence-corrected chi connectivity index (χ4v) is 8.05. The normalized spacial score (nSPS) is 16.1. The van der Waals surface area contributed by atoms with Gasteiger partial charge in [0.25, 0.3) is 0 Å². The van der Waals surface area contributed by atoms with Crippen molar-refractivity contribution in [3.8, 4) is 56.3 Å². The van der Waals surface area contributed by atoms with Crippen LogP contribution in [0.2, 0.25) is 0 Å². The van der Waals surface area contributed by atoms with E-state index in [1.165, 1.54) is 5.56 Å². The zero-order valence-electron chi connectivity index (χ0n) is 34.8. The standard InChI is InChI=1S/C49H49N3O/c1-31-17-19-32(20-18-31)33-23-26-50-41(30-33)35-27-34(28-36(29-35)47(2,3)4)38-15-12-16-42-44(38)51-46(52(42)37-13-10-9-11-14-37)39-21-22-40-43(45(39)53)49(7,8)25-24-48(40,5)6/h9-23,26-30,53H,24-25H2,1-8H3/i1D3. The number of rotatable bonds is 5. The highest BCUT2D eigenvalue weighted by atomic mass is 16.3. The van der Waals surface area contributed by atoms with Crippen LogP contribution in [-0.4, -0.2) is 19.6 Å². The molecule has 1 N–H and O–H groups in total.